The molecule has 7 heteroatoms. The van der Waals surface area contributed by atoms with Crippen LogP contribution in [0.5, 0.6) is 0 Å². The molecule has 1 aliphatic rings. The van der Waals surface area contributed by atoms with E-state index in [1.807, 2.05) is 41.3 Å². The fourth-order valence-corrected chi connectivity index (χ4v) is 3.50. The SMILES string of the molecule is CCOC(=O)c1ccc(N2Cc3ccccc3/C2=N\C(=O)Nc2ccc(Cl)cc2)cc1. The number of hydrogen-bond acceptors (Lipinski definition) is 3. The summed E-state index contributed by atoms with van der Waals surface area (Å²) in [6.45, 7) is 2.66. The lowest BCUT2D eigenvalue weighted by Crippen LogP contribution is -2.26. The number of carbonyl (C=O) groups excluding carboxylic acids is 2. The van der Waals surface area contributed by atoms with Crippen LogP contribution in [-0.2, 0) is 11.3 Å². The van der Waals surface area contributed by atoms with Crippen molar-refractivity contribution in [1.82, 2.24) is 0 Å². The third-order valence-corrected chi connectivity index (χ3v) is 5.09. The van der Waals surface area contributed by atoms with Gasteiger partial charge in [0.1, 0.15) is 5.84 Å². The normalized spacial score (nSPS) is 13.7. The van der Waals surface area contributed by atoms with Crippen molar-refractivity contribution in [2.45, 2.75) is 13.5 Å². The molecule has 0 aromatic heterocycles. The van der Waals surface area contributed by atoms with E-state index in [4.69, 9.17) is 16.3 Å². The molecule has 1 N–H and O–H groups in total. The molecule has 31 heavy (non-hydrogen) atoms. The maximum Gasteiger partial charge on any atom is 0.347 e. The van der Waals surface area contributed by atoms with Gasteiger partial charge in [0.2, 0.25) is 0 Å². The summed E-state index contributed by atoms with van der Waals surface area (Å²) in [6, 6.07) is 21.2. The Labute approximate surface area is 185 Å². The maximum atomic E-state index is 12.6. The van der Waals surface area contributed by atoms with Crippen LogP contribution in [0.3, 0.4) is 0 Å². The standard InChI is InChI=1S/C24H20ClN3O3/c1-2-31-23(29)16-7-13-20(14-8-16)28-15-17-5-3-4-6-21(17)22(28)27-24(30)26-19-11-9-18(25)10-12-19/h3-14H,2,15H2,1H3,(H,26,30)/b27-22+. The zero-order valence-electron chi connectivity index (χ0n) is 16.8. The number of hydrogen-bond donors (Lipinski definition) is 1. The Morgan fingerprint density at radius 2 is 1.74 bits per heavy atom. The van der Waals surface area contributed by atoms with Crippen LogP contribution in [0.2, 0.25) is 5.02 Å². The Morgan fingerprint density at radius 3 is 2.45 bits per heavy atom. The highest BCUT2D eigenvalue weighted by molar-refractivity contribution is 6.30. The number of fused-ring (bicyclic) bond motifs is 1. The van der Waals surface area contributed by atoms with Crippen molar-refractivity contribution < 1.29 is 14.3 Å². The number of nitrogens with one attached hydrogen (secondary N) is 1. The van der Waals surface area contributed by atoms with Crippen molar-refractivity contribution >= 4 is 40.8 Å². The molecule has 0 saturated carbocycles. The van der Waals surface area contributed by atoms with Crippen molar-refractivity contribution in [1.29, 1.82) is 0 Å². The number of anilines is 2. The van der Waals surface area contributed by atoms with Crippen LogP contribution in [0.15, 0.2) is 77.8 Å². The fraction of sp³-hybridized carbons (Fsp3) is 0.125. The molecule has 0 unspecified atom stereocenters. The van der Waals surface area contributed by atoms with Gasteiger partial charge in [0.05, 0.1) is 18.7 Å². The van der Waals surface area contributed by atoms with E-state index in [-0.39, 0.29) is 5.97 Å². The third-order valence-electron chi connectivity index (χ3n) is 4.84. The number of halogens is 1. The van der Waals surface area contributed by atoms with Gasteiger partial charge in [0.25, 0.3) is 0 Å². The van der Waals surface area contributed by atoms with Crippen molar-refractivity contribution in [2.24, 2.45) is 4.99 Å². The van der Waals surface area contributed by atoms with Crippen LogP contribution in [0.1, 0.15) is 28.4 Å². The average Bonchev–Trinajstić information content (AvgIpc) is 3.14. The van der Waals surface area contributed by atoms with E-state index in [1.54, 1.807) is 43.3 Å². The van der Waals surface area contributed by atoms with Crippen LogP contribution in [0.4, 0.5) is 16.2 Å². The number of nitrogens with zero attached hydrogens (tertiary/aromatic N) is 2. The number of esters is 1. The fourth-order valence-electron chi connectivity index (χ4n) is 3.37. The summed E-state index contributed by atoms with van der Waals surface area (Å²) in [4.78, 5) is 30.9. The van der Waals surface area contributed by atoms with Crippen molar-refractivity contribution in [2.75, 3.05) is 16.8 Å². The number of rotatable bonds is 4. The highest BCUT2D eigenvalue weighted by Crippen LogP contribution is 2.29. The number of amidine groups is 1. The molecular formula is C24H20ClN3O3. The van der Waals surface area contributed by atoms with E-state index in [2.05, 4.69) is 10.3 Å². The van der Waals surface area contributed by atoms with Gasteiger partial charge in [0.15, 0.2) is 0 Å². The van der Waals surface area contributed by atoms with E-state index < -0.39 is 6.03 Å². The minimum atomic E-state index is -0.484. The Kier molecular flexibility index (Phi) is 6.00. The molecule has 3 aromatic carbocycles. The first-order chi connectivity index (χ1) is 15.0. The summed E-state index contributed by atoms with van der Waals surface area (Å²) in [5, 5.41) is 3.35. The quantitative estimate of drug-likeness (QED) is 0.550. The number of benzene rings is 3. The highest BCUT2D eigenvalue weighted by atomic mass is 35.5. The summed E-state index contributed by atoms with van der Waals surface area (Å²) in [7, 11) is 0. The van der Waals surface area contributed by atoms with E-state index in [9.17, 15) is 9.59 Å². The average molecular weight is 434 g/mol. The maximum absolute atomic E-state index is 12.6. The van der Waals surface area contributed by atoms with E-state index >= 15 is 0 Å². The Bertz CT molecular complexity index is 1140. The molecule has 0 atom stereocenters. The lowest BCUT2D eigenvalue weighted by molar-refractivity contribution is 0.0526. The Hall–Kier alpha value is -3.64. The molecule has 0 saturated heterocycles. The van der Waals surface area contributed by atoms with Gasteiger partial charge in [0, 0.05) is 22.0 Å². The molecule has 0 fully saturated rings. The van der Waals surface area contributed by atoms with Gasteiger partial charge in [-0.3, -0.25) is 0 Å². The summed E-state index contributed by atoms with van der Waals surface area (Å²) >= 11 is 5.90. The van der Waals surface area contributed by atoms with Crippen LogP contribution in [0.25, 0.3) is 0 Å². The molecule has 1 aliphatic heterocycles. The minimum absolute atomic E-state index is 0.321. The second kappa shape index (κ2) is 9.02. The van der Waals surface area contributed by atoms with Gasteiger partial charge >= 0.3 is 12.0 Å². The minimum Gasteiger partial charge on any atom is -0.462 e. The van der Waals surface area contributed by atoms with E-state index in [0.29, 0.717) is 35.3 Å². The van der Waals surface area contributed by atoms with Crippen molar-refractivity contribution in [3.63, 3.8) is 0 Å². The zero-order chi connectivity index (χ0) is 21.8. The molecule has 1 heterocycles. The molecular weight excluding hydrogens is 414 g/mol. The van der Waals surface area contributed by atoms with Gasteiger partial charge in [-0.1, -0.05) is 35.9 Å². The Balaban J connectivity index is 1.62. The second-order valence-corrected chi connectivity index (χ2v) is 7.32. The first-order valence-electron chi connectivity index (χ1n) is 9.83. The molecule has 0 bridgehead atoms. The molecule has 4 rings (SSSR count). The summed E-state index contributed by atoms with van der Waals surface area (Å²) in [5.74, 6) is 0.181. The molecule has 0 aliphatic carbocycles. The summed E-state index contributed by atoms with van der Waals surface area (Å²) in [6.07, 6.45) is 0. The van der Waals surface area contributed by atoms with Gasteiger partial charge in [-0.15, -0.1) is 0 Å². The Morgan fingerprint density at radius 1 is 1.03 bits per heavy atom. The second-order valence-electron chi connectivity index (χ2n) is 6.88. The smallest absolute Gasteiger partial charge is 0.347 e. The number of urea groups is 1. The summed E-state index contributed by atoms with van der Waals surface area (Å²) in [5.41, 5.74) is 3.86. The molecule has 0 spiro atoms. The number of carbonyl (C=O) groups is 2. The predicted molar refractivity (Wildman–Crippen MR) is 122 cm³/mol. The molecule has 0 radical (unpaired) electrons. The first kappa shape index (κ1) is 20.6. The topological polar surface area (TPSA) is 71.0 Å². The van der Waals surface area contributed by atoms with Crippen molar-refractivity contribution in [3.8, 4) is 0 Å². The van der Waals surface area contributed by atoms with Crippen LogP contribution in [0, 0.1) is 0 Å². The number of ether oxygens (including phenoxy) is 1. The van der Waals surface area contributed by atoms with E-state index in [0.717, 1.165) is 16.8 Å². The van der Waals surface area contributed by atoms with Gasteiger partial charge in [-0.2, -0.15) is 4.99 Å². The lowest BCUT2D eigenvalue weighted by atomic mass is 10.1. The molecule has 2 amide bonds. The van der Waals surface area contributed by atoms with Crippen LogP contribution >= 0.6 is 11.6 Å². The lowest BCUT2D eigenvalue weighted by Gasteiger charge is -2.19. The summed E-state index contributed by atoms with van der Waals surface area (Å²) < 4.78 is 5.04. The molecule has 3 aromatic rings. The van der Waals surface area contributed by atoms with Crippen molar-refractivity contribution in [3.05, 3.63) is 94.5 Å². The monoisotopic (exact) mass is 433 g/mol. The molecule has 6 nitrogen and oxygen atoms in total. The van der Waals surface area contributed by atoms with Crippen LogP contribution < -0.4 is 10.2 Å². The van der Waals surface area contributed by atoms with Gasteiger partial charge in [-0.25, -0.2) is 9.59 Å². The van der Waals surface area contributed by atoms with Crippen LogP contribution in [-0.4, -0.2) is 24.4 Å². The highest BCUT2D eigenvalue weighted by Gasteiger charge is 2.27. The molecule has 156 valence electrons. The third kappa shape index (κ3) is 4.59. The number of amides is 2. The van der Waals surface area contributed by atoms with Gasteiger partial charge < -0.3 is 15.0 Å². The predicted octanol–water partition coefficient (Wildman–Crippen LogP) is 5.52. The number of aliphatic imine (C=N–C) groups is 1. The largest absolute Gasteiger partial charge is 0.462 e. The van der Waals surface area contributed by atoms with Gasteiger partial charge in [-0.05, 0) is 61.0 Å². The zero-order valence-corrected chi connectivity index (χ0v) is 17.6. The first-order valence-corrected chi connectivity index (χ1v) is 10.2. The van der Waals surface area contributed by atoms with E-state index in [1.165, 1.54) is 0 Å².